The van der Waals surface area contributed by atoms with E-state index in [4.69, 9.17) is 0 Å². The van der Waals surface area contributed by atoms with E-state index >= 15 is 0 Å². The van der Waals surface area contributed by atoms with Crippen molar-refractivity contribution in [3.05, 3.63) is 24.5 Å². The van der Waals surface area contributed by atoms with Crippen molar-refractivity contribution in [1.82, 2.24) is 4.98 Å². The van der Waals surface area contributed by atoms with Crippen LogP contribution in [0.1, 0.15) is 110 Å². The van der Waals surface area contributed by atoms with E-state index in [1.807, 2.05) is 17.0 Å². The van der Waals surface area contributed by atoms with Crippen LogP contribution >= 0.6 is 0 Å². The van der Waals surface area contributed by atoms with Gasteiger partial charge in [0, 0.05) is 31.0 Å². The number of nitrogens with zero attached hydrogens (tertiary/aromatic N) is 2. The van der Waals surface area contributed by atoms with Crippen molar-refractivity contribution in [2.45, 2.75) is 110 Å². The van der Waals surface area contributed by atoms with Gasteiger partial charge in [0.05, 0.1) is 0 Å². The van der Waals surface area contributed by atoms with Gasteiger partial charge < -0.3 is 4.90 Å². The third-order valence-electron chi connectivity index (χ3n) is 5.22. The van der Waals surface area contributed by atoms with Crippen molar-refractivity contribution < 1.29 is 4.79 Å². The maximum atomic E-state index is 12.5. The fourth-order valence-electron chi connectivity index (χ4n) is 3.57. The second-order valence-corrected chi connectivity index (χ2v) is 7.74. The number of anilines is 1. The molecule has 0 saturated carbocycles. The lowest BCUT2D eigenvalue weighted by molar-refractivity contribution is -0.118. The van der Waals surface area contributed by atoms with Crippen LogP contribution in [0.4, 0.5) is 5.69 Å². The highest BCUT2D eigenvalue weighted by atomic mass is 16.2. The molecule has 3 nitrogen and oxygen atoms in total. The monoisotopic (exact) mass is 374 g/mol. The van der Waals surface area contributed by atoms with Crippen molar-refractivity contribution in [1.29, 1.82) is 0 Å². The van der Waals surface area contributed by atoms with Crippen molar-refractivity contribution in [2.24, 2.45) is 0 Å². The van der Waals surface area contributed by atoms with Gasteiger partial charge in [-0.05, 0) is 25.0 Å². The van der Waals surface area contributed by atoms with Gasteiger partial charge in [-0.2, -0.15) is 0 Å². The number of aromatic nitrogens is 1. The first-order valence-corrected chi connectivity index (χ1v) is 11.5. The number of carbonyl (C=O) groups is 1. The van der Waals surface area contributed by atoms with Crippen LogP contribution in [0.3, 0.4) is 0 Å². The van der Waals surface area contributed by atoms with Gasteiger partial charge in [0.1, 0.15) is 0 Å². The molecule has 0 fully saturated rings. The summed E-state index contributed by atoms with van der Waals surface area (Å²) in [6.45, 7) is 5.19. The quantitative estimate of drug-likeness (QED) is 0.268. The smallest absolute Gasteiger partial charge is 0.226 e. The normalized spacial score (nSPS) is 10.9. The first kappa shape index (κ1) is 23.7. The average molecular weight is 375 g/mol. The fraction of sp³-hybridized carbons (Fsp3) is 0.750. The molecule has 27 heavy (non-hydrogen) atoms. The second-order valence-electron chi connectivity index (χ2n) is 7.74. The third kappa shape index (κ3) is 11.8. The number of pyridine rings is 1. The van der Waals surface area contributed by atoms with Gasteiger partial charge in [0.2, 0.25) is 5.91 Å². The molecular formula is C24H42N2O. The lowest BCUT2D eigenvalue weighted by Crippen LogP contribution is -2.31. The maximum Gasteiger partial charge on any atom is 0.226 e. The Morgan fingerprint density at radius 2 is 1.22 bits per heavy atom. The number of hydrogen-bond donors (Lipinski definition) is 0. The van der Waals surface area contributed by atoms with Gasteiger partial charge in [-0.15, -0.1) is 0 Å². The van der Waals surface area contributed by atoms with Crippen LogP contribution in [-0.2, 0) is 4.79 Å². The fourth-order valence-corrected chi connectivity index (χ4v) is 3.57. The predicted molar refractivity (Wildman–Crippen MR) is 117 cm³/mol. The largest absolute Gasteiger partial charge is 0.312 e. The van der Waals surface area contributed by atoms with Gasteiger partial charge in [-0.3, -0.25) is 9.78 Å². The van der Waals surface area contributed by atoms with Crippen LogP contribution in [0.2, 0.25) is 0 Å². The van der Waals surface area contributed by atoms with E-state index in [9.17, 15) is 4.79 Å². The van der Waals surface area contributed by atoms with Gasteiger partial charge in [0.15, 0.2) is 0 Å². The topological polar surface area (TPSA) is 33.2 Å². The van der Waals surface area contributed by atoms with Crippen LogP contribution in [0, 0.1) is 0 Å². The minimum Gasteiger partial charge on any atom is -0.312 e. The van der Waals surface area contributed by atoms with Gasteiger partial charge in [-0.25, -0.2) is 0 Å². The van der Waals surface area contributed by atoms with Gasteiger partial charge in [0.25, 0.3) is 0 Å². The van der Waals surface area contributed by atoms with E-state index in [0.717, 1.165) is 25.1 Å². The summed E-state index contributed by atoms with van der Waals surface area (Å²) in [5, 5.41) is 0. The number of hydrogen-bond acceptors (Lipinski definition) is 2. The molecule has 0 aliphatic heterocycles. The number of carbonyl (C=O) groups excluding carboxylic acids is 1. The SMILES string of the molecule is CCCCCCCCCCCCCCCC(=O)N(CCC)c1ccncc1. The highest BCUT2D eigenvalue weighted by Gasteiger charge is 2.13. The number of amides is 1. The third-order valence-corrected chi connectivity index (χ3v) is 5.22. The lowest BCUT2D eigenvalue weighted by atomic mass is 10.0. The Hall–Kier alpha value is -1.38. The second kappa shape index (κ2) is 16.8. The molecule has 0 aliphatic carbocycles. The van der Waals surface area contributed by atoms with Crippen molar-refractivity contribution >= 4 is 11.6 Å². The molecule has 3 heteroatoms. The number of rotatable bonds is 17. The molecule has 0 unspecified atom stereocenters. The average Bonchev–Trinajstić information content (AvgIpc) is 2.70. The summed E-state index contributed by atoms with van der Waals surface area (Å²) in [7, 11) is 0. The maximum absolute atomic E-state index is 12.5. The van der Waals surface area contributed by atoms with Crippen molar-refractivity contribution in [2.75, 3.05) is 11.4 Å². The molecule has 1 amide bonds. The Morgan fingerprint density at radius 1 is 0.741 bits per heavy atom. The van der Waals surface area contributed by atoms with Crippen LogP contribution < -0.4 is 4.90 Å². The molecule has 0 radical (unpaired) electrons. The summed E-state index contributed by atoms with van der Waals surface area (Å²) >= 11 is 0. The lowest BCUT2D eigenvalue weighted by Gasteiger charge is -2.22. The summed E-state index contributed by atoms with van der Waals surface area (Å²) in [5.74, 6) is 0.256. The minimum absolute atomic E-state index is 0.256. The van der Waals surface area contributed by atoms with E-state index in [0.29, 0.717) is 6.42 Å². The molecule has 0 aliphatic rings. The van der Waals surface area contributed by atoms with E-state index < -0.39 is 0 Å². The van der Waals surface area contributed by atoms with Crippen LogP contribution in [0.25, 0.3) is 0 Å². The van der Waals surface area contributed by atoms with Gasteiger partial charge in [-0.1, -0.05) is 90.9 Å². The molecular weight excluding hydrogens is 332 g/mol. The van der Waals surface area contributed by atoms with Crippen molar-refractivity contribution in [3.63, 3.8) is 0 Å². The number of unbranched alkanes of at least 4 members (excludes halogenated alkanes) is 12. The Balaban J connectivity index is 2.01. The Bertz CT molecular complexity index is 461. The van der Waals surface area contributed by atoms with Gasteiger partial charge >= 0.3 is 0 Å². The van der Waals surface area contributed by atoms with Crippen LogP contribution in [0.5, 0.6) is 0 Å². The summed E-state index contributed by atoms with van der Waals surface area (Å²) in [4.78, 5) is 18.5. The zero-order chi connectivity index (χ0) is 19.6. The highest BCUT2D eigenvalue weighted by molar-refractivity contribution is 5.93. The molecule has 0 N–H and O–H groups in total. The van der Waals surface area contributed by atoms with E-state index in [1.54, 1.807) is 12.4 Å². The molecule has 1 heterocycles. The molecule has 0 bridgehead atoms. The summed E-state index contributed by atoms with van der Waals surface area (Å²) in [5.41, 5.74) is 0.978. The van der Waals surface area contributed by atoms with Crippen molar-refractivity contribution in [3.8, 4) is 0 Å². The molecule has 1 rings (SSSR count). The molecule has 154 valence electrons. The van der Waals surface area contributed by atoms with Crippen LogP contribution in [0.15, 0.2) is 24.5 Å². The minimum atomic E-state index is 0.256. The van der Waals surface area contributed by atoms with Crippen LogP contribution in [-0.4, -0.2) is 17.4 Å². The molecule has 1 aromatic heterocycles. The zero-order valence-electron chi connectivity index (χ0n) is 17.9. The first-order valence-electron chi connectivity index (χ1n) is 11.5. The molecule has 0 atom stereocenters. The highest BCUT2D eigenvalue weighted by Crippen LogP contribution is 2.17. The standard InChI is InChI=1S/C24H42N2O/c1-3-5-6-7-8-9-10-11-12-13-14-15-16-17-24(27)26(22-4-2)23-18-20-25-21-19-23/h18-21H,3-17,22H2,1-2H3. The first-order chi connectivity index (χ1) is 13.3. The molecule has 0 saturated heterocycles. The summed E-state index contributed by atoms with van der Waals surface area (Å²) in [6.07, 6.45) is 22.5. The Labute approximate surface area is 168 Å². The zero-order valence-corrected chi connectivity index (χ0v) is 17.9. The summed E-state index contributed by atoms with van der Waals surface area (Å²) in [6, 6.07) is 3.86. The Morgan fingerprint density at radius 3 is 1.70 bits per heavy atom. The molecule has 0 aromatic carbocycles. The van der Waals surface area contributed by atoms with E-state index in [2.05, 4.69) is 18.8 Å². The predicted octanol–water partition coefficient (Wildman–Crippen LogP) is 7.31. The Kier molecular flexibility index (Phi) is 14.7. The summed E-state index contributed by atoms with van der Waals surface area (Å²) < 4.78 is 0. The molecule has 1 aromatic rings. The van der Waals surface area contributed by atoms with E-state index in [-0.39, 0.29) is 5.91 Å². The molecule has 0 spiro atoms. The van der Waals surface area contributed by atoms with E-state index in [1.165, 1.54) is 77.0 Å².